The zero-order chi connectivity index (χ0) is 32.9. The first-order chi connectivity index (χ1) is 22.9. The van der Waals surface area contributed by atoms with Gasteiger partial charge >= 0.3 is 0 Å². The van der Waals surface area contributed by atoms with Crippen molar-refractivity contribution in [3.8, 4) is 45.4 Å². The Morgan fingerprint density at radius 2 is 1.38 bits per heavy atom. The maximum absolute atomic E-state index is 11.5. The van der Waals surface area contributed by atoms with Crippen LogP contribution in [0.2, 0.25) is 10.0 Å². The Kier molecular flexibility index (Phi) is 10.5. The fraction of sp³-hybridized carbons (Fsp3) is 0.382. The van der Waals surface area contributed by atoms with Gasteiger partial charge in [0, 0.05) is 67.5 Å². The van der Waals surface area contributed by atoms with E-state index in [0.717, 1.165) is 36.1 Å². The Morgan fingerprint density at radius 3 is 1.89 bits per heavy atom. The Balaban J connectivity index is 1.21. The quantitative estimate of drug-likeness (QED) is 0.173. The fourth-order valence-electron chi connectivity index (χ4n) is 5.86. The van der Waals surface area contributed by atoms with E-state index in [1.807, 2.05) is 36.4 Å². The minimum Gasteiger partial charge on any atom is -0.480 e. The molecule has 1 atom stereocenters. The van der Waals surface area contributed by atoms with Crippen molar-refractivity contribution in [2.45, 2.75) is 57.0 Å². The normalized spacial score (nSPS) is 18.9. The molecule has 4 aromatic rings. The molecule has 2 aromatic carbocycles. The molecule has 3 heterocycles. The van der Waals surface area contributed by atoms with Gasteiger partial charge in [0.15, 0.2) is 0 Å². The molecule has 13 heteroatoms. The molecule has 6 rings (SSSR count). The lowest BCUT2D eigenvalue weighted by molar-refractivity contribution is -0.119. The summed E-state index contributed by atoms with van der Waals surface area (Å²) in [5.41, 5.74) is 5.39. The first-order valence-electron chi connectivity index (χ1n) is 15.5. The highest BCUT2D eigenvalue weighted by Gasteiger charge is 2.29. The second-order valence-electron chi connectivity index (χ2n) is 11.6. The smallest absolute Gasteiger partial charge is 0.237 e. The van der Waals surface area contributed by atoms with Gasteiger partial charge in [-0.3, -0.25) is 14.8 Å². The van der Waals surface area contributed by atoms with Gasteiger partial charge in [0.2, 0.25) is 17.7 Å². The number of amides is 1. The van der Waals surface area contributed by atoms with Crippen molar-refractivity contribution in [3.05, 3.63) is 70.2 Å². The van der Waals surface area contributed by atoms with Crippen LogP contribution in [-0.4, -0.2) is 71.9 Å². The molecule has 1 saturated heterocycles. The van der Waals surface area contributed by atoms with Crippen LogP contribution in [0, 0.1) is 0 Å². The van der Waals surface area contributed by atoms with E-state index < -0.39 is 0 Å². The van der Waals surface area contributed by atoms with Gasteiger partial charge in [-0.25, -0.2) is 9.97 Å². The van der Waals surface area contributed by atoms with Crippen molar-refractivity contribution >= 4 is 29.1 Å². The first kappa shape index (κ1) is 33.0. The van der Waals surface area contributed by atoms with Crippen molar-refractivity contribution in [2.75, 3.05) is 27.9 Å². The number of benzene rings is 2. The number of rotatable bonds is 13. The zero-order valence-electron chi connectivity index (χ0n) is 26.5. The molecule has 3 N–H and O–H groups in total. The van der Waals surface area contributed by atoms with Crippen molar-refractivity contribution < 1.29 is 19.0 Å². The van der Waals surface area contributed by atoms with Crippen molar-refractivity contribution in [3.63, 3.8) is 0 Å². The average molecular weight is 679 g/mol. The number of aromatic nitrogens is 4. The van der Waals surface area contributed by atoms with E-state index in [0.29, 0.717) is 88.2 Å². The van der Waals surface area contributed by atoms with Gasteiger partial charge < -0.3 is 30.2 Å². The summed E-state index contributed by atoms with van der Waals surface area (Å²) < 4.78 is 16.6. The highest BCUT2D eigenvalue weighted by atomic mass is 35.5. The van der Waals surface area contributed by atoms with Crippen molar-refractivity contribution in [1.82, 2.24) is 35.9 Å². The van der Waals surface area contributed by atoms with Gasteiger partial charge in [0.1, 0.15) is 11.4 Å². The Morgan fingerprint density at radius 1 is 0.830 bits per heavy atom. The van der Waals surface area contributed by atoms with E-state index in [1.54, 1.807) is 33.7 Å². The maximum Gasteiger partial charge on any atom is 0.237 e. The standard InChI is InChI=1S/C34H37Cl2N7O4/c1-45-21-12-20(13-21)38-18-29-34(47-3)43-27(17-40-29)25-9-5-7-23(32(25)36)22-6-4-8-24(31(22)35)26-16-39-28(33(42-26)46-2)15-37-14-19-10-11-30(44)41-19/h4-9,16-17,19-21,37-38H,10-15,18H2,1-3H3,(H,41,44)/t19-,20-,21-/m0/s1. The lowest BCUT2D eigenvalue weighted by Crippen LogP contribution is -2.44. The topological polar surface area (TPSA) is 132 Å². The molecular formula is C34H37Cl2N7O4. The van der Waals surface area contributed by atoms with E-state index in [9.17, 15) is 4.79 Å². The van der Waals surface area contributed by atoms with Crippen LogP contribution in [0.5, 0.6) is 11.8 Å². The molecule has 0 unspecified atom stereocenters. The number of carbonyl (C=O) groups excluding carboxylic acids is 1. The second kappa shape index (κ2) is 14.9. The average Bonchev–Trinajstić information content (AvgIpc) is 3.49. The molecule has 1 aliphatic carbocycles. The maximum atomic E-state index is 11.5. The van der Waals surface area contributed by atoms with Crippen LogP contribution in [0.4, 0.5) is 0 Å². The summed E-state index contributed by atoms with van der Waals surface area (Å²) >= 11 is 14.1. The molecule has 2 aromatic heterocycles. The van der Waals surface area contributed by atoms with Gasteiger partial charge in [-0.15, -0.1) is 0 Å². The molecule has 1 aliphatic heterocycles. The number of nitrogens with zero attached hydrogens (tertiary/aromatic N) is 4. The number of ether oxygens (including phenoxy) is 3. The highest BCUT2D eigenvalue weighted by molar-refractivity contribution is 6.39. The van der Waals surface area contributed by atoms with Gasteiger partial charge in [-0.2, -0.15) is 0 Å². The van der Waals surface area contributed by atoms with Gasteiger partial charge in [-0.1, -0.05) is 59.6 Å². The molecule has 0 radical (unpaired) electrons. The summed E-state index contributed by atoms with van der Waals surface area (Å²) in [6.07, 6.45) is 7.03. The van der Waals surface area contributed by atoms with Crippen LogP contribution >= 0.6 is 23.2 Å². The van der Waals surface area contributed by atoms with Crippen LogP contribution in [0.1, 0.15) is 37.1 Å². The van der Waals surface area contributed by atoms with Crippen LogP contribution in [0.25, 0.3) is 33.6 Å². The molecule has 0 spiro atoms. The molecule has 2 fully saturated rings. The molecule has 1 amide bonds. The van der Waals surface area contributed by atoms with Crippen molar-refractivity contribution in [2.24, 2.45) is 0 Å². The van der Waals surface area contributed by atoms with Gasteiger partial charge in [-0.05, 0) is 19.3 Å². The molecular weight excluding hydrogens is 641 g/mol. The molecule has 1 saturated carbocycles. The van der Waals surface area contributed by atoms with Crippen molar-refractivity contribution in [1.29, 1.82) is 0 Å². The zero-order valence-corrected chi connectivity index (χ0v) is 28.0. The number of methoxy groups -OCH3 is 3. The molecule has 246 valence electrons. The molecule has 2 aliphatic rings. The molecule has 11 nitrogen and oxygen atoms in total. The Bertz CT molecular complexity index is 1750. The van der Waals surface area contributed by atoms with Crippen LogP contribution < -0.4 is 25.4 Å². The number of carbonyl (C=O) groups is 1. The summed E-state index contributed by atoms with van der Waals surface area (Å²) in [4.78, 5) is 30.2. The fourth-order valence-corrected chi connectivity index (χ4v) is 6.51. The summed E-state index contributed by atoms with van der Waals surface area (Å²) in [6.45, 7) is 1.63. The van der Waals surface area contributed by atoms with E-state index in [1.165, 1.54) is 0 Å². The minimum atomic E-state index is 0.0857. The van der Waals surface area contributed by atoms with Gasteiger partial charge in [0.05, 0.1) is 54.2 Å². The van der Waals surface area contributed by atoms with E-state index in [2.05, 4.69) is 25.9 Å². The summed E-state index contributed by atoms with van der Waals surface area (Å²) in [7, 11) is 4.89. The predicted octanol–water partition coefficient (Wildman–Crippen LogP) is 5.23. The number of hydrogen-bond donors (Lipinski definition) is 3. The second-order valence-corrected chi connectivity index (χ2v) is 12.4. The number of halogens is 2. The third kappa shape index (κ3) is 7.34. The summed E-state index contributed by atoms with van der Waals surface area (Å²) in [5, 5.41) is 10.7. The van der Waals surface area contributed by atoms with Gasteiger partial charge in [0.25, 0.3) is 0 Å². The highest BCUT2D eigenvalue weighted by Crippen LogP contribution is 2.42. The van der Waals surface area contributed by atoms with Crippen LogP contribution in [0.15, 0.2) is 48.8 Å². The van der Waals surface area contributed by atoms with E-state index >= 15 is 0 Å². The molecule has 47 heavy (non-hydrogen) atoms. The minimum absolute atomic E-state index is 0.0857. The Hall–Kier alpha value is -3.87. The number of hydrogen-bond acceptors (Lipinski definition) is 10. The van der Waals surface area contributed by atoms with Crippen LogP contribution in [-0.2, 0) is 22.6 Å². The van der Waals surface area contributed by atoms with E-state index in [-0.39, 0.29) is 11.9 Å². The predicted molar refractivity (Wildman–Crippen MR) is 181 cm³/mol. The largest absolute Gasteiger partial charge is 0.480 e. The summed E-state index contributed by atoms with van der Waals surface area (Å²) in [5.74, 6) is 0.920. The third-order valence-electron chi connectivity index (χ3n) is 8.60. The lowest BCUT2D eigenvalue weighted by Gasteiger charge is -2.34. The summed E-state index contributed by atoms with van der Waals surface area (Å²) in [6, 6.07) is 11.9. The third-order valence-corrected chi connectivity index (χ3v) is 9.42. The first-order valence-corrected chi connectivity index (χ1v) is 16.3. The van der Waals surface area contributed by atoms with E-state index in [4.69, 9.17) is 47.4 Å². The molecule has 0 bridgehead atoms. The van der Waals surface area contributed by atoms with Crippen LogP contribution in [0.3, 0.4) is 0 Å². The Labute approximate surface area is 283 Å². The lowest BCUT2D eigenvalue weighted by atomic mass is 9.89. The number of nitrogens with one attached hydrogen (secondary N) is 3. The monoisotopic (exact) mass is 677 g/mol. The SMILES string of the molecule is COc1nc(-c2cccc(-c3cccc(-c4cnc(CN[C@H]5C[C@H](OC)C5)c(OC)n4)c3Cl)c2Cl)cnc1CNC[C@@H]1CCC(=O)N1.